The minimum atomic E-state index is 0.210. The molecule has 0 amide bonds. The van der Waals surface area contributed by atoms with Crippen LogP contribution in [0.2, 0.25) is 0 Å². The van der Waals surface area contributed by atoms with Gasteiger partial charge in [0.25, 0.3) is 0 Å². The van der Waals surface area contributed by atoms with E-state index in [9.17, 15) is 0 Å². The van der Waals surface area contributed by atoms with Gasteiger partial charge in [0.05, 0.1) is 0 Å². The summed E-state index contributed by atoms with van der Waals surface area (Å²) in [7, 11) is 1.93. The molecule has 2 nitrogen and oxygen atoms in total. The molecule has 1 rings (SSSR count). The van der Waals surface area contributed by atoms with Crippen molar-refractivity contribution in [3.05, 3.63) is 29.3 Å². The van der Waals surface area contributed by atoms with E-state index in [1.54, 1.807) is 0 Å². The molecule has 2 heteroatoms. The Bertz CT molecular complexity index is 296. The highest BCUT2D eigenvalue weighted by atomic mass is 16.5. The fourth-order valence-corrected chi connectivity index (χ4v) is 1.48. The van der Waals surface area contributed by atoms with E-state index in [0.717, 1.165) is 12.3 Å². The van der Waals surface area contributed by atoms with E-state index in [4.69, 9.17) is 4.74 Å². The van der Waals surface area contributed by atoms with E-state index >= 15 is 0 Å². The van der Waals surface area contributed by atoms with Crippen LogP contribution in [0.25, 0.3) is 0 Å². The number of rotatable bonds is 4. The lowest BCUT2D eigenvalue weighted by Gasteiger charge is -2.16. The molecular formula is C12H19NO. The maximum Gasteiger partial charge on any atom is 0.122 e. The topological polar surface area (TPSA) is 21.3 Å². The summed E-state index contributed by atoms with van der Waals surface area (Å²) in [6.45, 7) is 7.10. The summed E-state index contributed by atoms with van der Waals surface area (Å²) < 4.78 is 5.78. The third-order valence-corrected chi connectivity index (χ3v) is 2.15. The molecule has 0 saturated heterocycles. The van der Waals surface area contributed by atoms with Crippen LogP contribution in [-0.4, -0.2) is 19.7 Å². The molecule has 0 saturated carbocycles. The molecule has 0 bridgehead atoms. The van der Waals surface area contributed by atoms with Crippen molar-refractivity contribution in [2.75, 3.05) is 13.6 Å². The zero-order chi connectivity index (χ0) is 10.6. The number of hydrogen-bond donors (Lipinski definition) is 1. The molecule has 0 radical (unpaired) electrons. The Labute approximate surface area is 86.3 Å². The van der Waals surface area contributed by atoms with Gasteiger partial charge in [0, 0.05) is 6.54 Å². The van der Waals surface area contributed by atoms with Gasteiger partial charge in [0.1, 0.15) is 11.9 Å². The molecule has 0 fully saturated rings. The average molecular weight is 193 g/mol. The molecule has 78 valence electrons. The van der Waals surface area contributed by atoms with Crippen LogP contribution in [0, 0.1) is 13.8 Å². The Kier molecular flexibility index (Phi) is 3.96. The molecule has 0 spiro atoms. The number of aryl methyl sites for hydroxylation is 2. The predicted octanol–water partition coefficient (Wildman–Crippen LogP) is 2.29. The summed E-state index contributed by atoms with van der Waals surface area (Å²) in [5.41, 5.74) is 2.48. The molecule has 0 aliphatic rings. The molecule has 0 aliphatic carbocycles. The van der Waals surface area contributed by atoms with Gasteiger partial charge in [-0.3, -0.25) is 0 Å². The standard InChI is InChI=1S/C12H19NO/c1-9-5-6-12(10(2)7-9)14-11(3)8-13-4/h5-7,11,13H,8H2,1-4H3. The van der Waals surface area contributed by atoms with Gasteiger partial charge >= 0.3 is 0 Å². The van der Waals surface area contributed by atoms with Crippen LogP contribution in [0.1, 0.15) is 18.1 Å². The van der Waals surface area contributed by atoms with Crippen molar-refractivity contribution in [3.8, 4) is 5.75 Å². The first-order valence-electron chi connectivity index (χ1n) is 5.02. The molecule has 1 atom stereocenters. The molecule has 1 N–H and O–H groups in total. The fraction of sp³-hybridized carbons (Fsp3) is 0.500. The summed E-state index contributed by atoms with van der Waals surface area (Å²) in [6, 6.07) is 6.26. The molecule has 1 aromatic rings. The fourth-order valence-electron chi connectivity index (χ4n) is 1.48. The van der Waals surface area contributed by atoms with Gasteiger partial charge in [0.15, 0.2) is 0 Å². The summed E-state index contributed by atoms with van der Waals surface area (Å²) in [5.74, 6) is 0.985. The number of likely N-dealkylation sites (N-methyl/N-ethyl adjacent to an activating group) is 1. The Morgan fingerprint density at radius 2 is 2.07 bits per heavy atom. The summed E-state index contributed by atoms with van der Waals surface area (Å²) in [6.07, 6.45) is 0.210. The molecule has 1 aromatic carbocycles. The van der Waals surface area contributed by atoms with Crippen LogP contribution in [0.5, 0.6) is 5.75 Å². The van der Waals surface area contributed by atoms with E-state index in [2.05, 4.69) is 38.2 Å². The quantitative estimate of drug-likeness (QED) is 0.792. The maximum atomic E-state index is 5.78. The van der Waals surface area contributed by atoms with Crippen LogP contribution in [-0.2, 0) is 0 Å². The van der Waals surface area contributed by atoms with Crippen molar-refractivity contribution < 1.29 is 4.74 Å². The minimum absolute atomic E-state index is 0.210. The normalized spacial score (nSPS) is 12.6. The Balaban J connectivity index is 2.67. The van der Waals surface area contributed by atoms with Crippen LogP contribution >= 0.6 is 0 Å². The van der Waals surface area contributed by atoms with Gasteiger partial charge in [-0.15, -0.1) is 0 Å². The second kappa shape index (κ2) is 5.01. The minimum Gasteiger partial charge on any atom is -0.489 e. The average Bonchev–Trinajstić information content (AvgIpc) is 2.10. The summed E-state index contributed by atoms with van der Waals surface area (Å²) in [4.78, 5) is 0. The van der Waals surface area contributed by atoms with Crippen LogP contribution in [0.4, 0.5) is 0 Å². The van der Waals surface area contributed by atoms with Crippen molar-refractivity contribution in [1.29, 1.82) is 0 Å². The van der Waals surface area contributed by atoms with E-state index in [1.807, 2.05) is 13.1 Å². The Hall–Kier alpha value is -1.02. The van der Waals surface area contributed by atoms with Crippen molar-refractivity contribution in [2.24, 2.45) is 0 Å². The predicted molar refractivity (Wildman–Crippen MR) is 59.9 cm³/mol. The Morgan fingerprint density at radius 1 is 1.36 bits per heavy atom. The van der Waals surface area contributed by atoms with Gasteiger partial charge in [-0.1, -0.05) is 17.7 Å². The molecular weight excluding hydrogens is 174 g/mol. The largest absolute Gasteiger partial charge is 0.489 e. The molecule has 0 aliphatic heterocycles. The highest BCUT2D eigenvalue weighted by Crippen LogP contribution is 2.19. The molecule has 14 heavy (non-hydrogen) atoms. The highest BCUT2D eigenvalue weighted by Gasteiger charge is 2.04. The molecule has 0 aromatic heterocycles. The zero-order valence-electron chi connectivity index (χ0n) is 9.42. The van der Waals surface area contributed by atoms with E-state index < -0.39 is 0 Å². The Morgan fingerprint density at radius 3 is 2.64 bits per heavy atom. The van der Waals surface area contributed by atoms with Gasteiger partial charge < -0.3 is 10.1 Å². The number of hydrogen-bond acceptors (Lipinski definition) is 2. The SMILES string of the molecule is CNCC(C)Oc1ccc(C)cc1C. The van der Waals surface area contributed by atoms with Gasteiger partial charge in [0.2, 0.25) is 0 Å². The zero-order valence-corrected chi connectivity index (χ0v) is 9.42. The van der Waals surface area contributed by atoms with Crippen molar-refractivity contribution in [2.45, 2.75) is 26.9 Å². The van der Waals surface area contributed by atoms with Gasteiger partial charge in [-0.05, 0) is 39.4 Å². The lowest BCUT2D eigenvalue weighted by atomic mass is 10.1. The number of nitrogens with one attached hydrogen (secondary N) is 1. The smallest absolute Gasteiger partial charge is 0.122 e. The number of ether oxygens (including phenoxy) is 1. The van der Waals surface area contributed by atoms with Crippen LogP contribution in [0.15, 0.2) is 18.2 Å². The molecule has 1 unspecified atom stereocenters. The van der Waals surface area contributed by atoms with E-state index in [1.165, 1.54) is 11.1 Å². The van der Waals surface area contributed by atoms with Crippen LogP contribution in [0.3, 0.4) is 0 Å². The first kappa shape index (κ1) is 11.1. The first-order valence-corrected chi connectivity index (χ1v) is 5.02. The lowest BCUT2D eigenvalue weighted by molar-refractivity contribution is 0.219. The second-order valence-electron chi connectivity index (χ2n) is 3.76. The highest BCUT2D eigenvalue weighted by molar-refractivity contribution is 5.35. The van der Waals surface area contributed by atoms with Gasteiger partial charge in [-0.25, -0.2) is 0 Å². The van der Waals surface area contributed by atoms with Crippen molar-refractivity contribution in [1.82, 2.24) is 5.32 Å². The summed E-state index contributed by atoms with van der Waals surface area (Å²) >= 11 is 0. The third kappa shape index (κ3) is 3.04. The van der Waals surface area contributed by atoms with Crippen molar-refractivity contribution >= 4 is 0 Å². The number of benzene rings is 1. The van der Waals surface area contributed by atoms with Gasteiger partial charge in [-0.2, -0.15) is 0 Å². The second-order valence-corrected chi connectivity index (χ2v) is 3.76. The first-order chi connectivity index (χ1) is 6.63. The lowest BCUT2D eigenvalue weighted by Crippen LogP contribution is -2.26. The van der Waals surface area contributed by atoms with Crippen LogP contribution < -0.4 is 10.1 Å². The third-order valence-electron chi connectivity index (χ3n) is 2.15. The van der Waals surface area contributed by atoms with E-state index in [0.29, 0.717) is 0 Å². The van der Waals surface area contributed by atoms with E-state index in [-0.39, 0.29) is 6.10 Å². The monoisotopic (exact) mass is 193 g/mol. The molecule has 0 heterocycles. The van der Waals surface area contributed by atoms with Crippen molar-refractivity contribution in [3.63, 3.8) is 0 Å². The summed E-state index contributed by atoms with van der Waals surface area (Å²) in [5, 5.41) is 3.09. The maximum absolute atomic E-state index is 5.78.